The van der Waals surface area contributed by atoms with E-state index in [-0.39, 0.29) is 11.8 Å². The predicted octanol–water partition coefficient (Wildman–Crippen LogP) is 3.98. The SMILES string of the molecule is CCOc1ccccc1[C@H](c1ccc(OC(F)(F)F)cc1)N1CCNCC1. The summed E-state index contributed by atoms with van der Waals surface area (Å²) in [4.78, 5) is 2.31. The molecule has 146 valence electrons. The highest BCUT2D eigenvalue weighted by Crippen LogP contribution is 2.36. The first-order chi connectivity index (χ1) is 13.0. The Kier molecular flexibility index (Phi) is 6.23. The van der Waals surface area contributed by atoms with Crippen LogP contribution in [0.5, 0.6) is 11.5 Å². The maximum absolute atomic E-state index is 12.4. The minimum Gasteiger partial charge on any atom is -0.494 e. The third kappa shape index (κ3) is 5.14. The molecule has 0 saturated carbocycles. The lowest BCUT2D eigenvalue weighted by Crippen LogP contribution is -2.45. The van der Waals surface area contributed by atoms with Crippen LogP contribution in [0.15, 0.2) is 48.5 Å². The number of nitrogens with zero attached hydrogens (tertiary/aromatic N) is 1. The van der Waals surface area contributed by atoms with Crippen molar-refractivity contribution in [2.24, 2.45) is 0 Å². The first-order valence-electron chi connectivity index (χ1n) is 9.00. The van der Waals surface area contributed by atoms with E-state index in [1.54, 1.807) is 12.1 Å². The molecule has 27 heavy (non-hydrogen) atoms. The molecule has 0 spiro atoms. The number of nitrogens with one attached hydrogen (secondary N) is 1. The van der Waals surface area contributed by atoms with Gasteiger partial charge in [0.1, 0.15) is 11.5 Å². The van der Waals surface area contributed by atoms with Gasteiger partial charge in [0.25, 0.3) is 0 Å². The van der Waals surface area contributed by atoms with Gasteiger partial charge in [0, 0.05) is 31.7 Å². The number of alkyl halides is 3. The average molecular weight is 380 g/mol. The van der Waals surface area contributed by atoms with Gasteiger partial charge in [-0.15, -0.1) is 13.2 Å². The van der Waals surface area contributed by atoms with Gasteiger partial charge in [-0.25, -0.2) is 0 Å². The minimum absolute atomic E-state index is 0.102. The molecule has 3 rings (SSSR count). The highest BCUT2D eigenvalue weighted by molar-refractivity contribution is 5.43. The van der Waals surface area contributed by atoms with Crippen molar-refractivity contribution >= 4 is 0 Å². The van der Waals surface area contributed by atoms with Gasteiger partial charge in [-0.05, 0) is 30.7 Å². The molecule has 0 aromatic heterocycles. The van der Waals surface area contributed by atoms with Gasteiger partial charge in [0.15, 0.2) is 0 Å². The number of benzene rings is 2. The van der Waals surface area contributed by atoms with E-state index in [0.29, 0.717) is 6.61 Å². The zero-order valence-corrected chi connectivity index (χ0v) is 15.1. The van der Waals surface area contributed by atoms with E-state index >= 15 is 0 Å². The van der Waals surface area contributed by atoms with E-state index in [1.165, 1.54) is 12.1 Å². The second-order valence-corrected chi connectivity index (χ2v) is 6.28. The summed E-state index contributed by atoms with van der Waals surface area (Å²) in [6.07, 6.45) is -4.69. The molecule has 1 N–H and O–H groups in total. The molecule has 0 aliphatic carbocycles. The Bertz CT molecular complexity index is 729. The summed E-state index contributed by atoms with van der Waals surface area (Å²) < 4.78 is 47.1. The van der Waals surface area contributed by atoms with Crippen molar-refractivity contribution < 1.29 is 22.6 Å². The molecule has 0 amide bonds. The fourth-order valence-corrected chi connectivity index (χ4v) is 3.37. The van der Waals surface area contributed by atoms with Gasteiger partial charge in [-0.2, -0.15) is 0 Å². The molecule has 0 unspecified atom stereocenters. The van der Waals surface area contributed by atoms with Gasteiger partial charge in [0.2, 0.25) is 0 Å². The quantitative estimate of drug-likeness (QED) is 0.822. The molecule has 1 heterocycles. The summed E-state index contributed by atoms with van der Waals surface area (Å²) in [5.74, 6) is 0.572. The monoisotopic (exact) mass is 380 g/mol. The zero-order chi connectivity index (χ0) is 19.3. The number of hydrogen-bond donors (Lipinski definition) is 1. The van der Waals surface area contributed by atoms with Crippen molar-refractivity contribution in [2.45, 2.75) is 19.3 Å². The molecule has 2 aromatic rings. The van der Waals surface area contributed by atoms with Crippen molar-refractivity contribution in [3.8, 4) is 11.5 Å². The summed E-state index contributed by atoms with van der Waals surface area (Å²) in [7, 11) is 0. The van der Waals surface area contributed by atoms with Crippen LogP contribution in [0.2, 0.25) is 0 Å². The number of halogens is 3. The maximum atomic E-state index is 12.4. The van der Waals surface area contributed by atoms with Crippen LogP contribution in [0, 0.1) is 0 Å². The molecule has 1 atom stereocenters. The minimum atomic E-state index is -4.69. The van der Waals surface area contributed by atoms with Gasteiger partial charge < -0.3 is 14.8 Å². The number of para-hydroxylation sites is 1. The summed E-state index contributed by atoms with van der Waals surface area (Å²) in [5.41, 5.74) is 1.91. The molecule has 0 radical (unpaired) electrons. The van der Waals surface area contributed by atoms with Crippen molar-refractivity contribution in [1.29, 1.82) is 0 Å². The third-order valence-corrected chi connectivity index (χ3v) is 4.46. The van der Waals surface area contributed by atoms with Crippen LogP contribution in [-0.4, -0.2) is 44.0 Å². The molecule has 2 aromatic carbocycles. The van der Waals surface area contributed by atoms with Crippen LogP contribution in [0.25, 0.3) is 0 Å². The van der Waals surface area contributed by atoms with E-state index in [9.17, 15) is 13.2 Å². The van der Waals surface area contributed by atoms with Crippen LogP contribution in [0.1, 0.15) is 24.1 Å². The molecular weight excluding hydrogens is 357 g/mol. The molecule has 1 fully saturated rings. The Morgan fingerprint density at radius 2 is 1.70 bits per heavy atom. The summed E-state index contributed by atoms with van der Waals surface area (Å²) >= 11 is 0. The molecule has 0 bridgehead atoms. The Morgan fingerprint density at radius 3 is 2.33 bits per heavy atom. The molecule has 4 nitrogen and oxygen atoms in total. The fraction of sp³-hybridized carbons (Fsp3) is 0.400. The third-order valence-electron chi connectivity index (χ3n) is 4.46. The molecule has 1 saturated heterocycles. The topological polar surface area (TPSA) is 33.7 Å². The largest absolute Gasteiger partial charge is 0.573 e. The Hall–Kier alpha value is -2.25. The zero-order valence-electron chi connectivity index (χ0n) is 15.1. The van der Waals surface area contributed by atoms with Crippen LogP contribution in [0.3, 0.4) is 0 Å². The number of rotatable bonds is 6. The fourth-order valence-electron chi connectivity index (χ4n) is 3.37. The Morgan fingerprint density at radius 1 is 1.04 bits per heavy atom. The van der Waals surface area contributed by atoms with E-state index in [2.05, 4.69) is 15.0 Å². The summed E-state index contributed by atoms with van der Waals surface area (Å²) in [5, 5.41) is 3.33. The van der Waals surface area contributed by atoms with Crippen molar-refractivity contribution in [3.63, 3.8) is 0 Å². The molecule has 1 aliphatic rings. The molecule has 7 heteroatoms. The van der Waals surface area contributed by atoms with E-state index in [0.717, 1.165) is 43.1 Å². The van der Waals surface area contributed by atoms with E-state index < -0.39 is 6.36 Å². The van der Waals surface area contributed by atoms with Gasteiger partial charge in [0.05, 0.1) is 12.6 Å². The number of hydrogen-bond acceptors (Lipinski definition) is 4. The smallest absolute Gasteiger partial charge is 0.494 e. The van der Waals surface area contributed by atoms with Gasteiger partial charge >= 0.3 is 6.36 Å². The van der Waals surface area contributed by atoms with Crippen molar-refractivity contribution in [2.75, 3.05) is 32.8 Å². The Labute approximate surface area is 156 Å². The van der Waals surface area contributed by atoms with Gasteiger partial charge in [-0.1, -0.05) is 30.3 Å². The highest BCUT2D eigenvalue weighted by Gasteiger charge is 2.31. The van der Waals surface area contributed by atoms with E-state index in [1.807, 2.05) is 31.2 Å². The van der Waals surface area contributed by atoms with Crippen LogP contribution in [-0.2, 0) is 0 Å². The normalized spacial score (nSPS) is 16.7. The second kappa shape index (κ2) is 8.63. The van der Waals surface area contributed by atoms with Gasteiger partial charge in [-0.3, -0.25) is 4.90 Å². The molecule has 1 aliphatic heterocycles. The average Bonchev–Trinajstić information content (AvgIpc) is 2.65. The number of piperazine rings is 1. The van der Waals surface area contributed by atoms with Crippen molar-refractivity contribution in [3.05, 3.63) is 59.7 Å². The highest BCUT2D eigenvalue weighted by atomic mass is 19.4. The second-order valence-electron chi connectivity index (χ2n) is 6.28. The van der Waals surface area contributed by atoms with Crippen LogP contribution >= 0.6 is 0 Å². The Balaban J connectivity index is 1.95. The first-order valence-corrected chi connectivity index (χ1v) is 9.00. The lowest BCUT2D eigenvalue weighted by Gasteiger charge is -2.36. The lowest BCUT2D eigenvalue weighted by atomic mass is 9.95. The maximum Gasteiger partial charge on any atom is 0.573 e. The summed E-state index contributed by atoms with van der Waals surface area (Å²) in [6.45, 7) is 5.88. The van der Waals surface area contributed by atoms with Crippen molar-refractivity contribution in [1.82, 2.24) is 10.2 Å². The van der Waals surface area contributed by atoms with Crippen LogP contribution in [0.4, 0.5) is 13.2 Å². The standard InChI is InChI=1S/C20H23F3N2O2/c1-2-26-18-6-4-3-5-17(18)19(25-13-11-24-12-14-25)15-7-9-16(10-8-15)27-20(21,22)23/h3-10,19,24H,2,11-14H2,1H3/t19-/m0/s1. The number of ether oxygens (including phenoxy) is 2. The lowest BCUT2D eigenvalue weighted by molar-refractivity contribution is -0.274. The first kappa shape index (κ1) is 19.5. The van der Waals surface area contributed by atoms with E-state index in [4.69, 9.17) is 4.74 Å². The molecular formula is C20H23F3N2O2. The predicted molar refractivity (Wildman–Crippen MR) is 97.0 cm³/mol. The summed E-state index contributed by atoms with van der Waals surface area (Å²) in [6, 6.07) is 13.8. The van der Waals surface area contributed by atoms with Crippen LogP contribution < -0.4 is 14.8 Å².